The largest absolute Gasteiger partial charge is 0.387 e. The molecule has 2 atom stereocenters. The van der Waals surface area contributed by atoms with E-state index in [9.17, 15) is 22.9 Å². The maximum absolute atomic E-state index is 12.5. The molecule has 1 amide bonds. The minimum atomic E-state index is -4.38. The average molecular weight is 698 g/mol. The van der Waals surface area contributed by atoms with Gasteiger partial charge in [-0.15, -0.1) is 0 Å². The lowest BCUT2D eigenvalue weighted by Gasteiger charge is -2.21. The molecule has 0 heterocycles. The maximum atomic E-state index is 12.5. The Kier molecular flexibility index (Phi) is 32.7. The SMILES string of the molecule is CC/C=C\C/C=C\C/C=C\C/C=C\C/C=C\C/C=C\CCCCC(=O)NC(CS(=O)(=O)O)C(O)/C=C/CC/C=C/CC/C=C/CCCCC. The van der Waals surface area contributed by atoms with Gasteiger partial charge in [-0.3, -0.25) is 9.35 Å². The Balaban J connectivity index is 4.17. The second-order valence-corrected chi connectivity index (χ2v) is 13.6. The molecule has 0 aliphatic carbocycles. The van der Waals surface area contributed by atoms with Gasteiger partial charge in [0.25, 0.3) is 10.1 Å². The van der Waals surface area contributed by atoms with Crippen LogP contribution in [0.3, 0.4) is 0 Å². The van der Waals surface area contributed by atoms with Crippen molar-refractivity contribution in [2.24, 2.45) is 0 Å². The van der Waals surface area contributed by atoms with Gasteiger partial charge in [0.2, 0.25) is 5.91 Å². The van der Waals surface area contributed by atoms with Gasteiger partial charge >= 0.3 is 0 Å². The number of unbranched alkanes of at least 4 members (excludes halogenated alkanes) is 7. The van der Waals surface area contributed by atoms with Gasteiger partial charge in [0.15, 0.2) is 0 Å². The third-order valence-corrected chi connectivity index (χ3v) is 8.19. The molecule has 0 aromatic carbocycles. The summed E-state index contributed by atoms with van der Waals surface area (Å²) in [5, 5.41) is 13.1. The van der Waals surface area contributed by atoms with E-state index in [1.807, 2.05) is 0 Å². The molecule has 0 saturated carbocycles. The summed E-state index contributed by atoms with van der Waals surface area (Å²) in [4.78, 5) is 12.5. The zero-order valence-electron chi connectivity index (χ0n) is 30.5. The van der Waals surface area contributed by atoms with Gasteiger partial charge in [-0.1, -0.05) is 136 Å². The van der Waals surface area contributed by atoms with Crippen LogP contribution < -0.4 is 5.32 Å². The van der Waals surface area contributed by atoms with E-state index in [2.05, 4.69) is 116 Å². The lowest BCUT2D eigenvalue weighted by Crippen LogP contribution is -2.46. The van der Waals surface area contributed by atoms with E-state index in [0.29, 0.717) is 12.8 Å². The van der Waals surface area contributed by atoms with Crippen LogP contribution in [0.25, 0.3) is 0 Å². The molecule has 0 aromatic heterocycles. The molecule has 49 heavy (non-hydrogen) atoms. The first-order valence-electron chi connectivity index (χ1n) is 18.6. The molecule has 0 spiro atoms. The van der Waals surface area contributed by atoms with E-state index in [-0.39, 0.29) is 12.3 Å². The quantitative estimate of drug-likeness (QED) is 0.0380. The van der Waals surface area contributed by atoms with Crippen molar-refractivity contribution in [2.75, 3.05) is 5.75 Å². The second kappa shape index (κ2) is 34.8. The maximum Gasteiger partial charge on any atom is 0.267 e. The second-order valence-electron chi connectivity index (χ2n) is 12.1. The summed E-state index contributed by atoms with van der Waals surface area (Å²) in [6, 6.07) is -1.11. The molecule has 2 unspecified atom stereocenters. The van der Waals surface area contributed by atoms with Gasteiger partial charge in [-0.2, -0.15) is 8.42 Å². The molecule has 276 valence electrons. The molecule has 0 bridgehead atoms. The Morgan fingerprint density at radius 2 is 0.980 bits per heavy atom. The van der Waals surface area contributed by atoms with Crippen molar-refractivity contribution in [3.63, 3.8) is 0 Å². The van der Waals surface area contributed by atoms with Gasteiger partial charge < -0.3 is 10.4 Å². The zero-order chi connectivity index (χ0) is 36.1. The van der Waals surface area contributed by atoms with Crippen LogP contribution in [-0.2, 0) is 14.9 Å². The first kappa shape index (κ1) is 46.0. The van der Waals surface area contributed by atoms with Crippen LogP contribution in [0.15, 0.2) is 109 Å². The van der Waals surface area contributed by atoms with E-state index < -0.39 is 28.0 Å². The Morgan fingerprint density at radius 1 is 0.571 bits per heavy atom. The van der Waals surface area contributed by atoms with Gasteiger partial charge in [0, 0.05) is 6.42 Å². The Morgan fingerprint density at radius 3 is 1.45 bits per heavy atom. The number of rotatable bonds is 31. The zero-order valence-corrected chi connectivity index (χ0v) is 31.3. The third-order valence-electron chi connectivity index (χ3n) is 7.41. The van der Waals surface area contributed by atoms with Crippen LogP contribution in [-0.4, -0.2) is 41.9 Å². The topological polar surface area (TPSA) is 104 Å². The van der Waals surface area contributed by atoms with Crippen LogP contribution in [0.5, 0.6) is 0 Å². The van der Waals surface area contributed by atoms with Crippen molar-refractivity contribution in [1.29, 1.82) is 0 Å². The van der Waals surface area contributed by atoms with Crippen molar-refractivity contribution in [2.45, 2.75) is 142 Å². The van der Waals surface area contributed by atoms with Crippen LogP contribution in [0.2, 0.25) is 0 Å². The number of allylic oxidation sites excluding steroid dienone is 17. The fourth-order valence-electron chi connectivity index (χ4n) is 4.66. The van der Waals surface area contributed by atoms with Gasteiger partial charge in [-0.25, -0.2) is 0 Å². The normalized spacial score (nSPS) is 14.6. The summed E-state index contributed by atoms with van der Waals surface area (Å²) < 4.78 is 32.4. The lowest BCUT2D eigenvalue weighted by molar-refractivity contribution is -0.122. The summed E-state index contributed by atoms with van der Waals surface area (Å²) in [5.74, 6) is -1.08. The standard InChI is InChI=1S/C42H67NO5S/c1-3-5-7-9-11-13-15-17-18-19-20-21-22-23-24-26-28-30-32-34-36-38-42(45)43-40(39-49(46,47)48)41(44)37-35-33-31-29-27-25-16-14-12-10-8-6-4-2/h5,7,11-14,17-18,20-21,23-24,27-30,35,37,40-41,44H,3-4,6,8-10,15-16,19,22,25-26,31-34,36,38-39H2,1-2H3,(H,43,45)(H,46,47,48)/b7-5-,13-11-,14-12+,18-17-,21-20-,24-23-,29-27+,30-28-,37-35+. The molecular formula is C42H67NO5S. The number of hydrogen-bond donors (Lipinski definition) is 3. The third kappa shape index (κ3) is 36.1. The minimum Gasteiger partial charge on any atom is -0.387 e. The van der Waals surface area contributed by atoms with Gasteiger partial charge in [-0.05, 0) is 96.3 Å². The lowest BCUT2D eigenvalue weighted by atomic mass is 10.1. The highest BCUT2D eigenvalue weighted by Crippen LogP contribution is 2.07. The summed E-state index contributed by atoms with van der Waals surface area (Å²) in [6.07, 6.45) is 53.6. The van der Waals surface area contributed by atoms with Crippen LogP contribution in [0.4, 0.5) is 0 Å². The number of aliphatic hydroxyl groups excluding tert-OH is 1. The summed E-state index contributed by atoms with van der Waals surface area (Å²) in [5.41, 5.74) is 0. The first-order valence-corrected chi connectivity index (χ1v) is 20.2. The highest BCUT2D eigenvalue weighted by Gasteiger charge is 2.24. The van der Waals surface area contributed by atoms with Crippen molar-refractivity contribution >= 4 is 16.0 Å². The van der Waals surface area contributed by atoms with E-state index >= 15 is 0 Å². The smallest absolute Gasteiger partial charge is 0.267 e. The Hall–Kier alpha value is -3.00. The Labute approximate surface area is 300 Å². The van der Waals surface area contributed by atoms with Crippen molar-refractivity contribution in [1.82, 2.24) is 5.32 Å². The molecule has 3 N–H and O–H groups in total. The predicted molar refractivity (Wildman–Crippen MR) is 211 cm³/mol. The minimum absolute atomic E-state index is 0.222. The van der Waals surface area contributed by atoms with Crippen molar-refractivity contribution in [3.8, 4) is 0 Å². The van der Waals surface area contributed by atoms with Crippen LogP contribution in [0.1, 0.15) is 129 Å². The van der Waals surface area contributed by atoms with Crippen LogP contribution in [0, 0.1) is 0 Å². The molecule has 0 fully saturated rings. The monoisotopic (exact) mass is 697 g/mol. The number of carbonyl (C=O) groups is 1. The fraction of sp³-hybridized carbons (Fsp3) is 0.548. The first-order chi connectivity index (χ1) is 23.8. The van der Waals surface area contributed by atoms with Gasteiger partial charge in [0.05, 0.1) is 17.9 Å². The molecule has 0 rings (SSSR count). The summed E-state index contributed by atoms with van der Waals surface area (Å²) in [7, 11) is -4.38. The highest BCUT2D eigenvalue weighted by molar-refractivity contribution is 7.85. The summed E-state index contributed by atoms with van der Waals surface area (Å²) >= 11 is 0. The molecule has 6 nitrogen and oxygen atoms in total. The van der Waals surface area contributed by atoms with Crippen LogP contribution >= 0.6 is 0 Å². The fourth-order valence-corrected chi connectivity index (χ4v) is 5.39. The van der Waals surface area contributed by atoms with Crippen molar-refractivity contribution in [3.05, 3.63) is 109 Å². The molecule has 0 aliphatic rings. The summed E-state index contributed by atoms with van der Waals surface area (Å²) in [6.45, 7) is 4.35. The highest BCUT2D eigenvalue weighted by atomic mass is 32.2. The van der Waals surface area contributed by atoms with E-state index in [1.165, 1.54) is 25.3 Å². The Bertz CT molecular complexity index is 1170. The number of amides is 1. The molecular weight excluding hydrogens is 631 g/mol. The number of hydrogen-bond acceptors (Lipinski definition) is 4. The number of aliphatic hydroxyl groups is 1. The van der Waals surface area contributed by atoms with E-state index in [1.54, 1.807) is 6.08 Å². The van der Waals surface area contributed by atoms with E-state index in [0.717, 1.165) is 77.0 Å². The predicted octanol–water partition coefficient (Wildman–Crippen LogP) is 10.8. The molecule has 0 radical (unpaired) electrons. The molecule has 7 heteroatoms. The van der Waals surface area contributed by atoms with Gasteiger partial charge in [0.1, 0.15) is 0 Å². The van der Waals surface area contributed by atoms with E-state index in [4.69, 9.17) is 0 Å². The number of carbonyl (C=O) groups excluding carboxylic acids is 1. The molecule has 0 aromatic rings. The van der Waals surface area contributed by atoms with Crippen molar-refractivity contribution < 1.29 is 22.9 Å². The average Bonchev–Trinajstić information content (AvgIpc) is 3.06. The molecule has 0 aliphatic heterocycles. The molecule has 0 saturated heterocycles. The number of nitrogens with one attached hydrogen (secondary N) is 1.